The molecule has 1 aromatic heterocycles. The first-order valence-electron chi connectivity index (χ1n) is 8.69. The van der Waals surface area contributed by atoms with E-state index in [0.29, 0.717) is 18.5 Å². The standard InChI is InChI=1S/C21H19FN2O2/c1-13(25)21-20-16(15-7-3-5-9-18(15)23-20)10-11-24(21)19(26)12-14-6-2-4-8-17(14)22/h2-9,21,23H,10-12H2,1H3. The molecule has 1 aliphatic heterocycles. The second kappa shape index (κ2) is 6.41. The zero-order chi connectivity index (χ0) is 18.3. The van der Waals surface area contributed by atoms with Crippen LogP contribution in [0.3, 0.4) is 0 Å². The monoisotopic (exact) mass is 350 g/mol. The maximum Gasteiger partial charge on any atom is 0.228 e. The molecular weight excluding hydrogens is 331 g/mol. The van der Waals surface area contributed by atoms with Crippen LogP contribution < -0.4 is 0 Å². The van der Waals surface area contributed by atoms with Gasteiger partial charge in [-0.1, -0.05) is 36.4 Å². The molecule has 0 saturated heterocycles. The van der Waals surface area contributed by atoms with E-state index in [-0.39, 0.29) is 18.1 Å². The molecule has 0 bridgehead atoms. The number of carbonyl (C=O) groups excluding carboxylic acids is 2. The molecule has 26 heavy (non-hydrogen) atoms. The minimum Gasteiger partial charge on any atom is -0.356 e. The van der Waals surface area contributed by atoms with Gasteiger partial charge in [0.15, 0.2) is 5.78 Å². The smallest absolute Gasteiger partial charge is 0.228 e. The second-order valence-corrected chi connectivity index (χ2v) is 6.68. The molecule has 2 aromatic carbocycles. The maximum atomic E-state index is 13.9. The number of benzene rings is 2. The van der Waals surface area contributed by atoms with Crippen LogP contribution in [0.4, 0.5) is 4.39 Å². The number of fused-ring (bicyclic) bond motifs is 3. The molecule has 3 aromatic rings. The zero-order valence-corrected chi connectivity index (χ0v) is 14.5. The molecular formula is C21H19FN2O2. The molecule has 0 saturated carbocycles. The number of carbonyl (C=O) groups is 2. The normalized spacial score (nSPS) is 16.5. The lowest BCUT2D eigenvalue weighted by molar-refractivity contribution is -0.139. The van der Waals surface area contributed by atoms with Crippen molar-refractivity contribution in [2.24, 2.45) is 0 Å². The van der Waals surface area contributed by atoms with E-state index in [4.69, 9.17) is 0 Å². The number of H-pyrrole nitrogens is 1. The van der Waals surface area contributed by atoms with E-state index < -0.39 is 11.9 Å². The molecule has 1 amide bonds. The van der Waals surface area contributed by atoms with Crippen molar-refractivity contribution in [3.63, 3.8) is 0 Å². The summed E-state index contributed by atoms with van der Waals surface area (Å²) in [6.45, 7) is 1.95. The fourth-order valence-corrected chi connectivity index (χ4v) is 3.84. The van der Waals surface area contributed by atoms with Gasteiger partial charge in [-0.3, -0.25) is 9.59 Å². The summed E-state index contributed by atoms with van der Waals surface area (Å²) in [5.74, 6) is -0.734. The highest BCUT2D eigenvalue weighted by molar-refractivity contribution is 5.93. The molecule has 0 spiro atoms. The highest BCUT2D eigenvalue weighted by Crippen LogP contribution is 2.35. The first-order valence-corrected chi connectivity index (χ1v) is 8.69. The maximum absolute atomic E-state index is 13.9. The van der Waals surface area contributed by atoms with Crippen molar-refractivity contribution in [3.05, 3.63) is 71.2 Å². The van der Waals surface area contributed by atoms with E-state index in [9.17, 15) is 14.0 Å². The van der Waals surface area contributed by atoms with E-state index in [1.807, 2.05) is 24.3 Å². The molecule has 4 nitrogen and oxygen atoms in total. The van der Waals surface area contributed by atoms with Crippen molar-refractivity contribution in [2.45, 2.75) is 25.8 Å². The lowest BCUT2D eigenvalue weighted by Gasteiger charge is -2.34. The summed E-state index contributed by atoms with van der Waals surface area (Å²) < 4.78 is 13.9. The fourth-order valence-electron chi connectivity index (χ4n) is 3.84. The molecule has 0 radical (unpaired) electrons. The van der Waals surface area contributed by atoms with Gasteiger partial charge in [0.2, 0.25) is 5.91 Å². The molecule has 2 heterocycles. The molecule has 1 unspecified atom stereocenters. The lowest BCUT2D eigenvalue weighted by atomic mass is 9.94. The first kappa shape index (κ1) is 16.5. The van der Waals surface area contributed by atoms with Crippen molar-refractivity contribution < 1.29 is 14.0 Å². The number of halogens is 1. The predicted octanol–water partition coefficient (Wildman–Crippen LogP) is 3.56. The number of hydrogen-bond donors (Lipinski definition) is 1. The Hall–Kier alpha value is -2.95. The Morgan fingerprint density at radius 3 is 2.65 bits per heavy atom. The van der Waals surface area contributed by atoms with Crippen LogP contribution in [0.5, 0.6) is 0 Å². The van der Waals surface area contributed by atoms with Crippen molar-refractivity contribution in [3.8, 4) is 0 Å². The fraction of sp³-hybridized carbons (Fsp3) is 0.238. The third-order valence-corrected chi connectivity index (χ3v) is 5.04. The minimum atomic E-state index is -0.648. The van der Waals surface area contributed by atoms with Crippen LogP contribution in [0.15, 0.2) is 48.5 Å². The second-order valence-electron chi connectivity index (χ2n) is 6.68. The number of rotatable bonds is 3. The van der Waals surface area contributed by atoms with Crippen LogP contribution in [0.1, 0.15) is 29.8 Å². The summed E-state index contributed by atoms with van der Waals surface area (Å²) in [7, 11) is 0. The lowest BCUT2D eigenvalue weighted by Crippen LogP contribution is -2.43. The molecule has 0 aliphatic carbocycles. The van der Waals surface area contributed by atoms with Crippen LogP contribution in [0.2, 0.25) is 0 Å². The van der Waals surface area contributed by atoms with Crippen LogP contribution in [0.25, 0.3) is 10.9 Å². The van der Waals surface area contributed by atoms with Gasteiger partial charge >= 0.3 is 0 Å². The van der Waals surface area contributed by atoms with Gasteiger partial charge in [-0.05, 0) is 36.6 Å². The molecule has 0 fully saturated rings. The number of ketones is 1. The number of nitrogens with one attached hydrogen (secondary N) is 1. The van der Waals surface area contributed by atoms with E-state index in [2.05, 4.69) is 4.98 Å². The molecule has 132 valence electrons. The Labute approximate surface area is 150 Å². The van der Waals surface area contributed by atoms with Crippen molar-refractivity contribution in [1.29, 1.82) is 0 Å². The summed E-state index contributed by atoms with van der Waals surface area (Å²) in [6, 6.07) is 13.5. The first-order chi connectivity index (χ1) is 12.6. The number of nitrogens with zero attached hydrogens (tertiary/aromatic N) is 1. The van der Waals surface area contributed by atoms with Gasteiger partial charge in [0.25, 0.3) is 0 Å². The number of amides is 1. The molecule has 1 atom stereocenters. The summed E-state index contributed by atoms with van der Waals surface area (Å²) in [5, 5.41) is 1.09. The minimum absolute atomic E-state index is 0.0496. The Morgan fingerprint density at radius 1 is 1.15 bits per heavy atom. The van der Waals surface area contributed by atoms with Crippen LogP contribution >= 0.6 is 0 Å². The third kappa shape index (κ3) is 2.69. The third-order valence-electron chi connectivity index (χ3n) is 5.04. The zero-order valence-electron chi connectivity index (χ0n) is 14.5. The van der Waals surface area contributed by atoms with Gasteiger partial charge in [0, 0.05) is 23.1 Å². The molecule has 1 aliphatic rings. The Bertz CT molecular complexity index is 1010. The average molecular weight is 350 g/mol. The molecule has 1 N–H and O–H groups in total. The molecule has 4 rings (SSSR count). The Balaban J connectivity index is 1.70. The van der Waals surface area contributed by atoms with E-state index in [1.54, 1.807) is 23.1 Å². The van der Waals surface area contributed by atoms with Crippen molar-refractivity contribution in [1.82, 2.24) is 9.88 Å². The average Bonchev–Trinajstić information content (AvgIpc) is 3.01. The highest BCUT2D eigenvalue weighted by Gasteiger charge is 2.36. The number of aromatic amines is 1. The van der Waals surface area contributed by atoms with Gasteiger partial charge in [0.05, 0.1) is 6.42 Å². The van der Waals surface area contributed by atoms with E-state index >= 15 is 0 Å². The summed E-state index contributed by atoms with van der Waals surface area (Å²) in [4.78, 5) is 30.1. The van der Waals surface area contributed by atoms with Crippen LogP contribution in [0, 0.1) is 5.82 Å². The quantitative estimate of drug-likeness (QED) is 0.785. The van der Waals surface area contributed by atoms with Gasteiger partial charge in [-0.15, -0.1) is 0 Å². The number of para-hydroxylation sites is 1. The SMILES string of the molecule is CC(=O)C1c2[nH]c3ccccc3c2CCN1C(=O)Cc1ccccc1F. The Kier molecular flexibility index (Phi) is 4.07. The summed E-state index contributed by atoms with van der Waals surface area (Å²) in [6.07, 6.45) is 0.623. The van der Waals surface area contributed by atoms with Crippen molar-refractivity contribution >= 4 is 22.6 Å². The van der Waals surface area contributed by atoms with E-state index in [0.717, 1.165) is 22.2 Å². The number of Topliss-reactive ketones (excluding diaryl/α,β-unsaturated/α-hetero) is 1. The summed E-state index contributed by atoms with van der Waals surface area (Å²) >= 11 is 0. The van der Waals surface area contributed by atoms with Crippen LogP contribution in [-0.2, 0) is 22.4 Å². The molecule has 5 heteroatoms. The van der Waals surface area contributed by atoms with Gasteiger partial charge in [-0.25, -0.2) is 4.39 Å². The Morgan fingerprint density at radius 2 is 1.88 bits per heavy atom. The summed E-state index contributed by atoms with van der Waals surface area (Å²) in [5.41, 5.74) is 3.19. The predicted molar refractivity (Wildman–Crippen MR) is 97.2 cm³/mol. The van der Waals surface area contributed by atoms with Crippen LogP contribution in [-0.4, -0.2) is 28.1 Å². The number of aromatic nitrogens is 1. The highest BCUT2D eigenvalue weighted by atomic mass is 19.1. The van der Waals surface area contributed by atoms with Gasteiger partial charge < -0.3 is 9.88 Å². The topological polar surface area (TPSA) is 53.2 Å². The largest absolute Gasteiger partial charge is 0.356 e. The van der Waals surface area contributed by atoms with Gasteiger partial charge in [0.1, 0.15) is 11.9 Å². The number of hydrogen-bond acceptors (Lipinski definition) is 2. The van der Waals surface area contributed by atoms with E-state index in [1.165, 1.54) is 13.0 Å². The van der Waals surface area contributed by atoms with Crippen molar-refractivity contribution in [2.75, 3.05) is 6.54 Å². The van der Waals surface area contributed by atoms with Gasteiger partial charge in [-0.2, -0.15) is 0 Å².